The van der Waals surface area contributed by atoms with E-state index in [9.17, 15) is 14.4 Å². The van der Waals surface area contributed by atoms with Gasteiger partial charge in [0.05, 0.1) is 11.8 Å². The molecule has 166 valence electrons. The molecule has 0 bridgehead atoms. The quantitative estimate of drug-likeness (QED) is 0.535. The van der Waals surface area contributed by atoms with Gasteiger partial charge in [0, 0.05) is 31.4 Å². The summed E-state index contributed by atoms with van der Waals surface area (Å²) in [5, 5.41) is 8.07. The van der Waals surface area contributed by atoms with Crippen molar-refractivity contribution in [2.75, 3.05) is 19.6 Å². The van der Waals surface area contributed by atoms with Crippen LogP contribution in [0.5, 0.6) is 0 Å². The number of amides is 2. The number of nitrogens with zero attached hydrogens (tertiary/aromatic N) is 1. The Kier molecular flexibility index (Phi) is 6.25. The number of aromatic nitrogens is 2. The first-order valence-electron chi connectivity index (χ1n) is 11.0. The van der Waals surface area contributed by atoms with Crippen molar-refractivity contribution in [1.29, 1.82) is 0 Å². The van der Waals surface area contributed by atoms with Crippen LogP contribution in [-0.2, 0) is 22.4 Å². The number of aromatic amines is 2. The van der Waals surface area contributed by atoms with Gasteiger partial charge < -0.3 is 15.3 Å². The minimum absolute atomic E-state index is 0.0188. The topological polar surface area (TPSA) is 98.1 Å². The fraction of sp³-hybridized carbons (Fsp3) is 0.320. The fourth-order valence-corrected chi connectivity index (χ4v) is 4.52. The number of H-pyrrole nitrogens is 2. The first-order chi connectivity index (χ1) is 15.5. The minimum Gasteiger partial charge on any atom is -0.356 e. The average molecular weight is 433 g/mol. The van der Waals surface area contributed by atoms with Crippen LogP contribution in [0.15, 0.2) is 65.6 Å². The fourth-order valence-electron chi connectivity index (χ4n) is 4.52. The van der Waals surface area contributed by atoms with Gasteiger partial charge in [0.25, 0.3) is 5.56 Å². The van der Waals surface area contributed by atoms with Gasteiger partial charge in [-0.3, -0.25) is 19.5 Å². The van der Waals surface area contributed by atoms with E-state index in [0.717, 1.165) is 16.7 Å². The number of nitrogens with one attached hydrogen (secondary N) is 3. The van der Waals surface area contributed by atoms with Gasteiger partial charge in [-0.25, -0.2) is 0 Å². The van der Waals surface area contributed by atoms with Crippen LogP contribution in [0, 0.1) is 5.41 Å². The Morgan fingerprint density at radius 2 is 1.81 bits per heavy atom. The smallest absolute Gasteiger partial charge is 0.267 e. The second kappa shape index (κ2) is 9.26. The van der Waals surface area contributed by atoms with E-state index in [1.54, 1.807) is 4.90 Å². The molecule has 1 fully saturated rings. The molecule has 2 aromatic carbocycles. The van der Waals surface area contributed by atoms with Gasteiger partial charge in [-0.1, -0.05) is 54.6 Å². The highest BCUT2D eigenvalue weighted by Gasteiger charge is 2.46. The van der Waals surface area contributed by atoms with Gasteiger partial charge in [-0.15, -0.1) is 0 Å². The maximum atomic E-state index is 13.2. The second-order valence-corrected chi connectivity index (χ2v) is 8.35. The Labute approximate surface area is 186 Å². The van der Waals surface area contributed by atoms with Gasteiger partial charge in [0.15, 0.2) is 0 Å². The zero-order valence-corrected chi connectivity index (χ0v) is 18.2. The van der Waals surface area contributed by atoms with Crippen LogP contribution in [-0.4, -0.2) is 46.5 Å². The number of carbonyl (C=O) groups is 2. The van der Waals surface area contributed by atoms with E-state index in [1.165, 1.54) is 6.20 Å². The lowest BCUT2D eigenvalue weighted by Gasteiger charge is -2.29. The lowest BCUT2D eigenvalue weighted by Crippen LogP contribution is -2.45. The maximum Gasteiger partial charge on any atom is 0.267 e. The molecule has 7 heteroatoms. The summed E-state index contributed by atoms with van der Waals surface area (Å²) >= 11 is 0. The van der Waals surface area contributed by atoms with Crippen molar-refractivity contribution in [3.63, 3.8) is 0 Å². The Bertz CT molecular complexity index is 1150. The molecule has 3 aromatic rings. The van der Waals surface area contributed by atoms with E-state index >= 15 is 0 Å². The first kappa shape index (κ1) is 21.6. The molecule has 1 atom stereocenters. The van der Waals surface area contributed by atoms with E-state index in [1.807, 2.05) is 37.3 Å². The van der Waals surface area contributed by atoms with E-state index < -0.39 is 5.41 Å². The molecule has 1 saturated heterocycles. The van der Waals surface area contributed by atoms with E-state index in [2.05, 4.69) is 39.8 Å². The third kappa shape index (κ3) is 4.37. The predicted molar refractivity (Wildman–Crippen MR) is 123 cm³/mol. The summed E-state index contributed by atoms with van der Waals surface area (Å²) in [6.07, 6.45) is 2.66. The van der Waals surface area contributed by atoms with Crippen molar-refractivity contribution in [3.8, 4) is 11.1 Å². The summed E-state index contributed by atoms with van der Waals surface area (Å²) in [5.41, 5.74) is 2.69. The average Bonchev–Trinajstić information content (AvgIpc) is 3.42. The van der Waals surface area contributed by atoms with Gasteiger partial charge in [0.1, 0.15) is 0 Å². The van der Waals surface area contributed by atoms with Crippen LogP contribution in [0.3, 0.4) is 0 Å². The van der Waals surface area contributed by atoms with Crippen LogP contribution in [0.4, 0.5) is 0 Å². The molecule has 0 saturated carbocycles. The zero-order chi connectivity index (χ0) is 22.6. The molecule has 0 radical (unpaired) electrons. The van der Waals surface area contributed by atoms with E-state index in [-0.39, 0.29) is 23.8 Å². The van der Waals surface area contributed by atoms with Crippen LogP contribution < -0.4 is 10.9 Å². The number of benzene rings is 2. The number of likely N-dealkylation sites (tertiary alicyclic amines) is 1. The largest absolute Gasteiger partial charge is 0.356 e. The van der Waals surface area contributed by atoms with Crippen molar-refractivity contribution in [2.24, 2.45) is 5.41 Å². The molecule has 1 aliphatic heterocycles. The third-order valence-corrected chi connectivity index (χ3v) is 6.22. The Hall–Kier alpha value is -3.61. The van der Waals surface area contributed by atoms with Crippen molar-refractivity contribution in [1.82, 2.24) is 20.4 Å². The summed E-state index contributed by atoms with van der Waals surface area (Å²) in [4.78, 5) is 39.6. The molecule has 0 unspecified atom stereocenters. The molecular formula is C25H28N4O3. The number of hydrogen-bond donors (Lipinski definition) is 3. The molecule has 2 amide bonds. The number of carbonyl (C=O) groups excluding carboxylic acids is 2. The summed E-state index contributed by atoms with van der Waals surface area (Å²) in [7, 11) is 0. The Morgan fingerprint density at radius 3 is 2.53 bits per heavy atom. The monoisotopic (exact) mass is 432 g/mol. The van der Waals surface area contributed by atoms with Crippen molar-refractivity contribution < 1.29 is 9.59 Å². The molecule has 0 aliphatic carbocycles. The molecule has 2 heterocycles. The molecular weight excluding hydrogens is 404 g/mol. The van der Waals surface area contributed by atoms with Gasteiger partial charge in [-0.05, 0) is 36.5 Å². The maximum absolute atomic E-state index is 13.2. The predicted octanol–water partition coefficient (Wildman–Crippen LogP) is 2.51. The van der Waals surface area contributed by atoms with Gasteiger partial charge in [-0.2, -0.15) is 0 Å². The van der Waals surface area contributed by atoms with Crippen molar-refractivity contribution in [2.45, 2.75) is 26.2 Å². The lowest BCUT2D eigenvalue weighted by molar-refractivity contribution is -0.132. The van der Waals surface area contributed by atoms with Crippen LogP contribution in [0.2, 0.25) is 0 Å². The molecule has 32 heavy (non-hydrogen) atoms. The second-order valence-electron chi connectivity index (χ2n) is 8.35. The van der Waals surface area contributed by atoms with Crippen molar-refractivity contribution in [3.05, 3.63) is 82.3 Å². The van der Waals surface area contributed by atoms with Gasteiger partial charge >= 0.3 is 0 Å². The van der Waals surface area contributed by atoms with E-state index in [4.69, 9.17) is 0 Å². The molecule has 3 N–H and O–H groups in total. The summed E-state index contributed by atoms with van der Waals surface area (Å²) in [6, 6.07) is 18.3. The van der Waals surface area contributed by atoms with Crippen LogP contribution in [0.25, 0.3) is 11.1 Å². The molecule has 1 aromatic heterocycles. The number of hydrogen-bond acceptors (Lipinski definition) is 3. The van der Waals surface area contributed by atoms with Crippen molar-refractivity contribution >= 4 is 11.8 Å². The molecule has 1 aliphatic rings. The highest BCUT2D eigenvalue weighted by Crippen LogP contribution is 2.37. The summed E-state index contributed by atoms with van der Waals surface area (Å²) in [5.74, 6) is -0.171. The van der Waals surface area contributed by atoms with Crippen LogP contribution in [0.1, 0.15) is 24.5 Å². The zero-order valence-electron chi connectivity index (χ0n) is 18.2. The van der Waals surface area contributed by atoms with Crippen LogP contribution >= 0.6 is 0 Å². The molecule has 7 nitrogen and oxygen atoms in total. The van der Waals surface area contributed by atoms with E-state index in [0.29, 0.717) is 38.0 Å². The SMILES string of the molecule is CCNC(=O)[C@]1(Cc2ccccc2-c2ccccc2)CCN(C(=O)Cc2c[nH][nH]c2=O)C1. The highest BCUT2D eigenvalue weighted by molar-refractivity contribution is 5.86. The van der Waals surface area contributed by atoms with Gasteiger partial charge in [0.2, 0.25) is 11.8 Å². The first-order valence-corrected chi connectivity index (χ1v) is 11.0. The highest BCUT2D eigenvalue weighted by atomic mass is 16.2. The Balaban J connectivity index is 1.60. The molecule has 0 spiro atoms. The summed E-state index contributed by atoms with van der Waals surface area (Å²) < 4.78 is 0. The lowest BCUT2D eigenvalue weighted by atomic mass is 9.78. The number of rotatable bonds is 7. The Morgan fingerprint density at radius 1 is 1.06 bits per heavy atom. The minimum atomic E-state index is -0.707. The third-order valence-electron chi connectivity index (χ3n) is 6.22. The molecule has 4 rings (SSSR count). The summed E-state index contributed by atoms with van der Waals surface area (Å²) in [6.45, 7) is 3.27. The normalized spacial score (nSPS) is 18.0. The standard InChI is InChI=1S/C25H28N4O3/c1-2-26-24(32)25(12-13-29(17-25)22(30)14-20-16-27-28-23(20)31)15-19-10-6-7-11-21(19)18-8-4-3-5-9-18/h3-11,16H,2,12-15,17H2,1H3,(H,26,32)(H2,27,28,31)/t25-/m0/s1.